The van der Waals surface area contributed by atoms with Gasteiger partial charge < -0.3 is 4.74 Å². The van der Waals surface area contributed by atoms with Gasteiger partial charge in [0.2, 0.25) is 0 Å². The molecule has 7 heteroatoms. The van der Waals surface area contributed by atoms with Crippen molar-refractivity contribution in [3.63, 3.8) is 0 Å². The van der Waals surface area contributed by atoms with Crippen molar-refractivity contribution >= 4 is 29.2 Å². The largest absolute Gasteiger partial charge is 0.461 e. The van der Waals surface area contributed by atoms with Gasteiger partial charge in [-0.2, -0.15) is 0 Å². The van der Waals surface area contributed by atoms with Crippen molar-refractivity contribution in [3.05, 3.63) is 70.0 Å². The number of hydrogen-bond acceptors (Lipinski definition) is 5. The molecule has 1 saturated heterocycles. The van der Waals surface area contributed by atoms with Gasteiger partial charge in [0.15, 0.2) is 5.69 Å². The highest BCUT2D eigenvalue weighted by Gasteiger charge is 2.24. The van der Waals surface area contributed by atoms with E-state index in [1.54, 1.807) is 19.1 Å². The van der Waals surface area contributed by atoms with Crippen molar-refractivity contribution in [1.82, 2.24) is 14.9 Å². The Morgan fingerprint density at radius 1 is 0.875 bits per heavy atom. The summed E-state index contributed by atoms with van der Waals surface area (Å²) in [4.78, 5) is 25.0. The molecule has 2 aromatic carbocycles. The molecule has 0 radical (unpaired) electrons. The summed E-state index contributed by atoms with van der Waals surface area (Å²) in [5, 5.41) is 1.27. The van der Waals surface area contributed by atoms with E-state index in [0.717, 1.165) is 37.1 Å². The van der Waals surface area contributed by atoms with E-state index in [1.807, 2.05) is 36.4 Å². The first-order valence-electron chi connectivity index (χ1n) is 10.9. The SMILES string of the molecule is CCOC(=O)c1nc(-c2ccc(Cl)cc2)c(-c2ccc(Cl)cc2)nc1CN1CCCCC1. The maximum atomic E-state index is 12.9. The van der Waals surface area contributed by atoms with Gasteiger partial charge in [0, 0.05) is 27.7 Å². The third-order valence-electron chi connectivity index (χ3n) is 5.49. The number of benzene rings is 2. The van der Waals surface area contributed by atoms with Crippen LogP contribution in [-0.4, -0.2) is 40.5 Å². The third-order valence-corrected chi connectivity index (χ3v) is 6.00. The Morgan fingerprint density at radius 3 is 1.94 bits per heavy atom. The molecule has 5 nitrogen and oxygen atoms in total. The van der Waals surface area contributed by atoms with Crippen LogP contribution in [0.25, 0.3) is 22.5 Å². The molecule has 166 valence electrons. The number of piperidine rings is 1. The number of likely N-dealkylation sites (tertiary alicyclic amines) is 1. The van der Waals surface area contributed by atoms with Gasteiger partial charge in [0.25, 0.3) is 0 Å². The Kier molecular flexibility index (Phi) is 7.40. The molecule has 0 bridgehead atoms. The van der Waals surface area contributed by atoms with E-state index >= 15 is 0 Å². The normalized spacial score (nSPS) is 14.3. The fraction of sp³-hybridized carbons (Fsp3) is 0.320. The average Bonchev–Trinajstić information content (AvgIpc) is 2.81. The van der Waals surface area contributed by atoms with Crippen LogP contribution >= 0.6 is 23.2 Å². The van der Waals surface area contributed by atoms with Crippen molar-refractivity contribution in [2.24, 2.45) is 0 Å². The number of aromatic nitrogens is 2. The summed E-state index contributed by atoms with van der Waals surface area (Å²) >= 11 is 12.2. The molecule has 1 aliphatic heterocycles. The molecule has 1 aliphatic rings. The van der Waals surface area contributed by atoms with Crippen LogP contribution in [0.4, 0.5) is 0 Å². The van der Waals surface area contributed by atoms with Crippen molar-refractivity contribution in [2.75, 3.05) is 19.7 Å². The summed E-state index contributed by atoms with van der Waals surface area (Å²) in [6.45, 7) is 4.59. The second-order valence-electron chi connectivity index (χ2n) is 7.79. The maximum Gasteiger partial charge on any atom is 0.358 e. The zero-order valence-corrected chi connectivity index (χ0v) is 19.5. The molecule has 0 spiro atoms. The van der Waals surface area contributed by atoms with Crippen molar-refractivity contribution in [3.8, 4) is 22.5 Å². The zero-order chi connectivity index (χ0) is 22.5. The Labute approximate surface area is 198 Å². The van der Waals surface area contributed by atoms with E-state index in [2.05, 4.69) is 4.90 Å². The van der Waals surface area contributed by atoms with Crippen LogP contribution in [-0.2, 0) is 11.3 Å². The topological polar surface area (TPSA) is 55.3 Å². The Balaban J connectivity index is 1.87. The second-order valence-corrected chi connectivity index (χ2v) is 8.66. The zero-order valence-electron chi connectivity index (χ0n) is 18.0. The molecular formula is C25H25Cl2N3O2. The number of esters is 1. The summed E-state index contributed by atoms with van der Waals surface area (Å²) in [5.74, 6) is -0.454. The van der Waals surface area contributed by atoms with E-state index < -0.39 is 5.97 Å². The van der Waals surface area contributed by atoms with Crippen molar-refractivity contribution in [1.29, 1.82) is 0 Å². The number of hydrogen-bond donors (Lipinski definition) is 0. The summed E-state index contributed by atoms with van der Waals surface area (Å²) in [5.41, 5.74) is 3.90. The van der Waals surface area contributed by atoms with Gasteiger partial charge in [-0.05, 0) is 57.1 Å². The highest BCUT2D eigenvalue weighted by molar-refractivity contribution is 6.31. The molecule has 0 aliphatic carbocycles. The van der Waals surface area contributed by atoms with Gasteiger partial charge in [-0.25, -0.2) is 14.8 Å². The van der Waals surface area contributed by atoms with E-state index in [-0.39, 0.29) is 12.3 Å². The van der Waals surface area contributed by atoms with Crippen LogP contribution < -0.4 is 0 Å². The number of ether oxygens (including phenoxy) is 1. The summed E-state index contributed by atoms with van der Waals surface area (Å²) in [7, 11) is 0. The van der Waals surface area contributed by atoms with Gasteiger partial charge >= 0.3 is 5.97 Å². The minimum Gasteiger partial charge on any atom is -0.461 e. The highest BCUT2D eigenvalue weighted by atomic mass is 35.5. The van der Waals surface area contributed by atoms with Crippen LogP contribution in [0.5, 0.6) is 0 Å². The van der Waals surface area contributed by atoms with Crippen molar-refractivity contribution in [2.45, 2.75) is 32.7 Å². The monoisotopic (exact) mass is 469 g/mol. The van der Waals surface area contributed by atoms with Gasteiger partial charge in [0.05, 0.1) is 23.7 Å². The van der Waals surface area contributed by atoms with Crippen LogP contribution in [0, 0.1) is 0 Å². The lowest BCUT2D eigenvalue weighted by Crippen LogP contribution is -2.31. The van der Waals surface area contributed by atoms with Crippen molar-refractivity contribution < 1.29 is 9.53 Å². The standard InChI is InChI=1S/C25H25Cl2N3O2/c1-2-32-25(31)24-21(16-30-14-4-3-5-15-30)28-22(17-6-10-19(26)11-7-17)23(29-24)18-8-12-20(27)13-9-18/h6-13H,2-5,14-16H2,1H3. The quantitative estimate of drug-likeness (QED) is 0.397. The second kappa shape index (κ2) is 10.4. The van der Waals surface area contributed by atoms with Crippen LogP contribution in [0.3, 0.4) is 0 Å². The number of carbonyl (C=O) groups is 1. The first kappa shape index (κ1) is 22.7. The minimum absolute atomic E-state index is 0.264. The molecule has 2 heterocycles. The number of halogens is 2. The van der Waals surface area contributed by atoms with E-state index in [4.69, 9.17) is 37.9 Å². The fourth-order valence-electron chi connectivity index (χ4n) is 3.89. The summed E-state index contributed by atoms with van der Waals surface area (Å²) < 4.78 is 5.33. The Hall–Kier alpha value is -2.47. The van der Waals surface area contributed by atoms with E-state index in [0.29, 0.717) is 33.7 Å². The summed E-state index contributed by atoms with van der Waals surface area (Å²) in [6.07, 6.45) is 3.53. The number of nitrogens with zero attached hydrogens (tertiary/aromatic N) is 3. The molecule has 0 saturated carbocycles. The molecule has 1 fully saturated rings. The van der Waals surface area contributed by atoms with Gasteiger partial charge in [0.1, 0.15) is 0 Å². The molecule has 1 aromatic heterocycles. The fourth-order valence-corrected chi connectivity index (χ4v) is 4.14. The number of rotatable bonds is 6. The molecule has 0 N–H and O–H groups in total. The first-order valence-corrected chi connectivity index (χ1v) is 11.6. The number of carbonyl (C=O) groups excluding carboxylic acids is 1. The van der Waals surface area contributed by atoms with E-state index in [1.165, 1.54) is 6.42 Å². The molecule has 4 rings (SSSR count). The third kappa shape index (κ3) is 5.29. The smallest absolute Gasteiger partial charge is 0.358 e. The molecule has 0 unspecified atom stereocenters. The Morgan fingerprint density at radius 2 is 1.41 bits per heavy atom. The van der Waals surface area contributed by atoms with Gasteiger partial charge in [-0.3, -0.25) is 4.90 Å². The lowest BCUT2D eigenvalue weighted by atomic mass is 10.0. The van der Waals surface area contributed by atoms with Crippen LogP contribution in [0.15, 0.2) is 48.5 Å². The predicted octanol–water partition coefficient (Wildman–Crippen LogP) is 6.28. The predicted molar refractivity (Wildman–Crippen MR) is 128 cm³/mol. The van der Waals surface area contributed by atoms with E-state index in [9.17, 15) is 4.79 Å². The maximum absolute atomic E-state index is 12.9. The summed E-state index contributed by atoms with van der Waals surface area (Å²) in [6, 6.07) is 14.9. The Bertz CT molecular complexity index is 1080. The molecule has 3 aromatic rings. The lowest BCUT2D eigenvalue weighted by Gasteiger charge is -2.27. The van der Waals surface area contributed by atoms with Gasteiger partial charge in [-0.15, -0.1) is 0 Å². The van der Waals surface area contributed by atoms with Gasteiger partial charge in [-0.1, -0.05) is 53.9 Å². The first-order chi connectivity index (χ1) is 15.5. The molecule has 32 heavy (non-hydrogen) atoms. The molecule has 0 atom stereocenters. The van der Waals surface area contributed by atoms with Crippen LogP contribution in [0.1, 0.15) is 42.4 Å². The highest BCUT2D eigenvalue weighted by Crippen LogP contribution is 2.32. The lowest BCUT2D eigenvalue weighted by molar-refractivity contribution is 0.0515. The van der Waals surface area contributed by atoms with Crippen LogP contribution in [0.2, 0.25) is 10.0 Å². The minimum atomic E-state index is -0.454. The average molecular weight is 470 g/mol. The molecular weight excluding hydrogens is 445 g/mol. The molecule has 0 amide bonds.